The minimum atomic E-state index is -1.40. The first-order valence-electron chi connectivity index (χ1n) is 5.75. The van der Waals surface area contributed by atoms with E-state index in [0.29, 0.717) is 6.42 Å². The van der Waals surface area contributed by atoms with Crippen LogP contribution in [0.1, 0.15) is 47.5 Å². The molecule has 1 amide bonds. The summed E-state index contributed by atoms with van der Waals surface area (Å²) in [5, 5.41) is 2.50. The summed E-state index contributed by atoms with van der Waals surface area (Å²) in [6.07, 6.45) is 0.494. The molecule has 0 aromatic carbocycles. The van der Waals surface area contributed by atoms with Gasteiger partial charge in [0.2, 0.25) is 5.91 Å². The molecule has 0 saturated heterocycles. The molecule has 0 radical (unpaired) electrons. The first-order chi connectivity index (χ1) is 7.73. The lowest BCUT2D eigenvalue weighted by Gasteiger charge is -2.32. The summed E-state index contributed by atoms with van der Waals surface area (Å²) < 4.78 is -1.40. The van der Waals surface area contributed by atoms with E-state index in [9.17, 15) is 4.79 Å². The highest BCUT2D eigenvalue weighted by atomic mass is 35.6. The van der Waals surface area contributed by atoms with Gasteiger partial charge < -0.3 is 5.32 Å². The maximum atomic E-state index is 11.9. The predicted octanol–water partition coefficient (Wildman–Crippen LogP) is 4.69. The van der Waals surface area contributed by atoms with Gasteiger partial charge in [0.15, 0.2) is 3.79 Å². The smallest absolute Gasteiger partial charge is 0.220 e. The van der Waals surface area contributed by atoms with Crippen LogP contribution in [0.3, 0.4) is 0 Å². The standard InChI is InChI=1S/C12H21Cl4NO/c1-10(2,3)17-9(18)7-11(4,5)8(13)6-12(14,15)16/h8H,6-7H2,1-5H3,(H,17,18). The van der Waals surface area contributed by atoms with Crippen LogP contribution in [-0.4, -0.2) is 20.6 Å². The maximum absolute atomic E-state index is 11.9. The highest BCUT2D eigenvalue weighted by Gasteiger charge is 2.36. The third-order valence-corrected chi connectivity index (χ3v) is 3.60. The van der Waals surface area contributed by atoms with E-state index in [1.807, 2.05) is 34.6 Å². The van der Waals surface area contributed by atoms with Gasteiger partial charge in [0.05, 0.1) is 0 Å². The minimum absolute atomic E-state index is 0.0533. The van der Waals surface area contributed by atoms with Crippen molar-refractivity contribution in [2.24, 2.45) is 5.41 Å². The Morgan fingerprint density at radius 3 is 1.89 bits per heavy atom. The molecule has 0 rings (SSSR count). The summed E-state index contributed by atoms with van der Waals surface area (Å²) in [4.78, 5) is 11.9. The first-order valence-corrected chi connectivity index (χ1v) is 7.32. The zero-order chi connectivity index (χ0) is 14.8. The molecule has 0 saturated carbocycles. The predicted molar refractivity (Wildman–Crippen MR) is 80.8 cm³/mol. The average Bonchev–Trinajstić information content (AvgIpc) is 1.94. The Morgan fingerprint density at radius 2 is 1.56 bits per heavy atom. The normalized spacial score (nSPS) is 15.4. The second-order valence-corrected chi connectivity index (χ2v) is 9.29. The van der Waals surface area contributed by atoms with Crippen molar-refractivity contribution in [2.45, 2.75) is 62.2 Å². The van der Waals surface area contributed by atoms with Gasteiger partial charge in [-0.05, 0) is 26.2 Å². The Labute approximate surface area is 130 Å². The summed E-state index contributed by atoms with van der Waals surface area (Å²) in [6.45, 7) is 9.57. The topological polar surface area (TPSA) is 29.1 Å². The molecule has 2 nitrogen and oxygen atoms in total. The molecule has 0 aliphatic rings. The van der Waals surface area contributed by atoms with Gasteiger partial charge in [-0.25, -0.2) is 0 Å². The molecule has 1 N–H and O–H groups in total. The van der Waals surface area contributed by atoms with Crippen LogP contribution in [0, 0.1) is 5.41 Å². The van der Waals surface area contributed by atoms with Crippen LogP contribution >= 0.6 is 46.4 Å². The van der Waals surface area contributed by atoms with Crippen molar-refractivity contribution >= 4 is 52.3 Å². The van der Waals surface area contributed by atoms with Crippen molar-refractivity contribution in [1.29, 1.82) is 0 Å². The quantitative estimate of drug-likeness (QED) is 0.741. The molecule has 1 atom stereocenters. The van der Waals surface area contributed by atoms with E-state index in [1.165, 1.54) is 0 Å². The van der Waals surface area contributed by atoms with Gasteiger partial charge in [0.25, 0.3) is 0 Å². The van der Waals surface area contributed by atoms with Crippen molar-refractivity contribution in [3.63, 3.8) is 0 Å². The van der Waals surface area contributed by atoms with E-state index in [2.05, 4.69) is 5.32 Å². The number of hydrogen-bond donors (Lipinski definition) is 1. The molecule has 1 unspecified atom stereocenters. The van der Waals surface area contributed by atoms with Gasteiger partial charge in [-0.3, -0.25) is 4.79 Å². The molecule has 0 heterocycles. The fourth-order valence-corrected chi connectivity index (χ4v) is 2.47. The molecule has 0 aliphatic heterocycles. The van der Waals surface area contributed by atoms with Crippen LogP contribution in [-0.2, 0) is 4.79 Å². The van der Waals surface area contributed by atoms with Crippen molar-refractivity contribution in [2.75, 3.05) is 0 Å². The second-order valence-electron chi connectivity index (χ2n) is 6.25. The molecule has 0 aromatic heterocycles. The van der Waals surface area contributed by atoms with Gasteiger partial charge in [0.1, 0.15) is 0 Å². The largest absolute Gasteiger partial charge is 0.351 e. The monoisotopic (exact) mass is 335 g/mol. The number of amides is 1. The zero-order valence-electron chi connectivity index (χ0n) is 11.4. The van der Waals surface area contributed by atoms with E-state index in [4.69, 9.17) is 46.4 Å². The van der Waals surface area contributed by atoms with Gasteiger partial charge in [0, 0.05) is 23.8 Å². The van der Waals surface area contributed by atoms with Gasteiger partial charge >= 0.3 is 0 Å². The molecule has 0 aliphatic carbocycles. The van der Waals surface area contributed by atoms with Crippen LogP contribution in [0.2, 0.25) is 0 Å². The average molecular weight is 337 g/mol. The lowest BCUT2D eigenvalue weighted by Crippen LogP contribution is -2.43. The Hall–Kier alpha value is 0.630. The summed E-state index contributed by atoms with van der Waals surface area (Å²) in [7, 11) is 0. The van der Waals surface area contributed by atoms with Crippen LogP contribution in [0.4, 0.5) is 0 Å². The van der Waals surface area contributed by atoms with Gasteiger partial charge in [-0.1, -0.05) is 48.7 Å². The van der Waals surface area contributed by atoms with E-state index in [0.717, 1.165) is 0 Å². The Balaban J connectivity index is 4.51. The Kier molecular flexibility index (Phi) is 6.61. The van der Waals surface area contributed by atoms with E-state index in [1.54, 1.807) is 0 Å². The van der Waals surface area contributed by atoms with E-state index in [-0.39, 0.29) is 17.9 Å². The number of hydrogen-bond acceptors (Lipinski definition) is 1. The molecule has 0 aromatic rings. The zero-order valence-corrected chi connectivity index (χ0v) is 14.4. The highest BCUT2D eigenvalue weighted by molar-refractivity contribution is 6.67. The summed E-state index contributed by atoms with van der Waals surface area (Å²) in [5.41, 5.74) is -0.703. The number of halogens is 4. The summed E-state index contributed by atoms with van der Waals surface area (Å²) >= 11 is 23.4. The molecule has 18 heavy (non-hydrogen) atoms. The third kappa shape index (κ3) is 8.68. The van der Waals surface area contributed by atoms with E-state index >= 15 is 0 Å². The Bertz CT molecular complexity index is 291. The van der Waals surface area contributed by atoms with Gasteiger partial charge in [-0.2, -0.15) is 0 Å². The van der Waals surface area contributed by atoms with Crippen LogP contribution in [0.25, 0.3) is 0 Å². The maximum Gasteiger partial charge on any atom is 0.220 e. The first kappa shape index (κ1) is 18.6. The summed E-state index contributed by atoms with van der Waals surface area (Å²) in [6, 6.07) is 0. The van der Waals surface area contributed by atoms with Crippen molar-refractivity contribution < 1.29 is 4.79 Å². The fraction of sp³-hybridized carbons (Fsp3) is 0.917. The van der Waals surface area contributed by atoms with Crippen molar-refractivity contribution in [3.8, 4) is 0 Å². The van der Waals surface area contributed by atoms with Crippen molar-refractivity contribution in [1.82, 2.24) is 5.32 Å². The van der Waals surface area contributed by atoms with Crippen LogP contribution < -0.4 is 5.32 Å². The Morgan fingerprint density at radius 1 is 1.11 bits per heavy atom. The molecule has 0 spiro atoms. The number of rotatable bonds is 4. The number of nitrogens with one attached hydrogen (secondary N) is 1. The highest BCUT2D eigenvalue weighted by Crippen LogP contribution is 2.40. The van der Waals surface area contributed by atoms with Crippen LogP contribution in [0.15, 0.2) is 0 Å². The minimum Gasteiger partial charge on any atom is -0.351 e. The molecular formula is C12H21Cl4NO. The molecule has 6 heteroatoms. The SMILES string of the molecule is CC(C)(C)NC(=O)CC(C)(C)C(Cl)CC(Cl)(Cl)Cl. The molecule has 0 bridgehead atoms. The second kappa shape index (κ2) is 6.39. The lowest BCUT2D eigenvalue weighted by molar-refractivity contribution is -0.124. The number of carbonyl (C=O) groups is 1. The van der Waals surface area contributed by atoms with Crippen molar-refractivity contribution in [3.05, 3.63) is 0 Å². The third-order valence-electron chi connectivity index (χ3n) is 2.39. The molecular weight excluding hydrogens is 316 g/mol. The van der Waals surface area contributed by atoms with Crippen LogP contribution in [0.5, 0.6) is 0 Å². The number of carbonyl (C=O) groups excluding carboxylic acids is 1. The van der Waals surface area contributed by atoms with E-state index < -0.39 is 14.6 Å². The summed E-state index contributed by atoms with van der Waals surface area (Å²) in [5.74, 6) is -0.0533. The molecule has 108 valence electrons. The van der Waals surface area contributed by atoms with Gasteiger partial charge in [-0.15, -0.1) is 11.6 Å². The molecule has 0 fully saturated rings. The fourth-order valence-electron chi connectivity index (χ4n) is 1.47. The number of alkyl halides is 4. The lowest BCUT2D eigenvalue weighted by atomic mass is 9.83.